The number of nitrogens with one attached hydrogen (secondary N) is 2. The van der Waals surface area contributed by atoms with Gasteiger partial charge in [-0.1, -0.05) is 66.2 Å². The summed E-state index contributed by atoms with van der Waals surface area (Å²) < 4.78 is 5.32. The minimum Gasteiger partial charge on any atom is -0.379 e. The monoisotopic (exact) mass is 525 g/mol. The second kappa shape index (κ2) is 12.0. The van der Waals surface area contributed by atoms with Crippen molar-refractivity contribution in [3.63, 3.8) is 0 Å². The molecular weight excluding hydrogens is 498 g/mol. The molecule has 38 heavy (non-hydrogen) atoms. The van der Waals surface area contributed by atoms with Crippen LogP contribution in [-0.4, -0.2) is 49.6 Å². The molecular formula is C31H28ClN3O3. The third-order valence-electron chi connectivity index (χ3n) is 6.43. The predicted molar refractivity (Wildman–Crippen MR) is 153 cm³/mol. The molecule has 1 aliphatic heterocycles. The normalized spacial score (nSPS) is 13.6. The first-order valence-corrected chi connectivity index (χ1v) is 12.9. The summed E-state index contributed by atoms with van der Waals surface area (Å²) in [4.78, 5) is 27.4. The molecule has 0 atom stereocenters. The van der Waals surface area contributed by atoms with Crippen LogP contribution in [0, 0.1) is 0 Å². The number of carbonyl (C=O) groups excluding carboxylic acids is 2. The summed E-state index contributed by atoms with van der Waals surface area (Å²) in [6.07, 6.45) is 0. The zero-order valence-electron chi connectivity index (χ0n) is 20.8. The Balaban J connectivity index is 1.22. The van der Waals surface area contributed by atoms with E-state index < -0.39 is 0 Å². The second-order valence-corrected chi connectivity index (χ2v) is 9.51. The molecule has 1 heterocycles. The molecule has 0 bridgehead atoms. The van der Waals surface area contributed by atoms with Crippen LogP contribution in [0.4, 0.5) is 11.4 Å². The molecule has 0 radical (unpaired) electrons. The lowest BCUT2D eigenvalue weighted by molar-refractivity contribution is -0.118. The zero-order chi connectivity index (χ0) is 26.3. The van der Waals surface area contributed by atoms with Crippen molar-refractivity contribution in [1.82, 2.24) is 4.90 Å². The van der Waals surface area contributed by atoms with E-state index >= 15 is 0 Å². The highest BCUT2D eigenvalue weighted by Crippen LogP contribution is 2.31. The lowest BCUT2D eigenvalue weighted by Gasteiger charge is -2.25. The fourth-order valence-corrected chi connectivity index (χ4v) is 4.59. The van der Waals surface area contributed by atoms with Crippen LogP contribution in [0.5, 0.6) is 0 Å². The summed E-state index contributed by atoms with van der Waals surface area (Å²) in [7, 11) is 0. The van der Waals surface area contributed by atoms with Crippen LogP contribution < -0.4 is 10.6 Å². The van der Waals surface area contributed by atoms with E-state index in [0.29, 0.717) is 41.7 Å². The molecule has 1 saturated heterocycles. The topological polar surface area (TPSA) is 70.7 Å². The van der Waals surface area contributed by atoms with E-state index in [1.165, 1.54) is 0 Å². The van der Waals surface area contributed by atoms with E-state index in [2.05, 4.69) is 39.8 Å². The first-order chi connectivity index (χ1) is 18.5. The molecule has 0 spiro atoms. The van der Waals surface area contributed by atoms with Gasteiger partial charge in [-0.2, -0.15) is 0 Å². The summed E-state index contributed by atoms with van der Waals surface area (Å²) >= 11 is 6.50. The van der Waals surface area contributed by atoms with Crippen molar-refractivity contribution in [3.05, 3.63) is 108 Å². The van der Waals surface area contributed by atoms with Crippen molar-refractivity contribution in [2.24, 2.45) is 0 Å². The molecule has 7 heteroatoms. The van der Waals surface area contributed by atoms with Crippen molar-refractivity contribution < 1.29 is 14.3 Å². The highest BCUT2D eigenvalue weighted by Gasteiger charge is 2.15. The van der Waals surface area contributed by atoms with Crippen LogP contribution in [-0.2, 0) is 9.53 Å². The zero-order valence-corrected chi connectivity index (χ0v) is 21.6. The maximum atomic E-state index is 13.0. The number of nitrogens with zero attached hydrogens (tertiary/aromatic N) is 1. The molecule has 1 aliphatic rings. The van der Waals surface area contributed by atoms with E-state index in [-0.39, 0.29) is 11.8 Å². The number of amides is 2. The molecule has 4 aromatic carbocycles. The van der Waals surface area contributed by atoms with E-state index in [9.17, 15) is 9.59 Å². The van der Waals surface area contributed by atoms with Crippen molar-refractivity contribution in [1.29, 1.82) is 0 Å². The van der Waals surface area contributed by atoms with Gasteiger partial charge in [-0.15, -0.1) is 0 Å². The Labute approximate surface area is 227 Å². The van der Waals surface area contributed by atoms with Gasteiger partial charge in [0.1, 0.15) is 0 Å². The Morgan fingerprint density at radius 3 is 2.03 bits per heavy atom. The Bertz CT molecular complexity index is 1400. The lowest BCUT2D eigenvalue weighted by Crippen LogP contribution is -2.41. The number of morpholine rings is 1. The van der Waals surface area contributed by atoms with Crippen LogP contribution >= 0.6 is 11.6 Å². The minimum absolute atomic E-state index is 0.0748. The third-order valence-corrected chi connectivity index (χ3v) is 6.76. The van der Waals surface area contributed by atoms with Gasteiger partial charge >= 0.3 is 0 Å². The first kappa shape index (κ1) is 25.7. The van der Waals surface area contributed by atoms with Gasteiger partial charge in [0.15, 0.2) is 0 Å². The maximum Gasteiger partial charge on any atom is 0.255 e. The molecule has 4 aromatic rings. The van der Waals surface area contributed by atoms with Crippen LogP contribution in [0.2, 0.25) is 5.02 Å². The molecule has 2 N–H and O–H groups in total. The number of anilines is 2. The average Bonchev–Trinajstić information content (AvgIpc) is 2.95. The summed E-state index contributed by atoms with van der Waals surface area (Å²) in [5.74, 6) is -0.317. The van der Waals surface area contributed by atoms with E-state index in [1.54, 1.807) is 42.5 Å². The largest absolute Gasteiger partial charge is 0.379 e. The van der Waals surface area contributed by atoms with Crippen molar-refractivity contribution in [2.75, 3.05) is 43.5 Å². The van der Waals surface area contributed by atoms with Crippen molar-refractivity contribution >= 4 is 34.8 Å². The van der Waals surface area contributed by atoms with Gasteiger partial charge < -0.3 is 15.4 Å². The lowest BCUT2D eigenvalue weighted by atomic mass is 9.99. The number of ether oxygens (including phenoxy) is 1. The van der Waals surface area contributed by atoms with Crippen LogP contribution in [0.3, 0.4) is 0 Å². The van der Waals surface area contributed by atoms with Crippen LogP contribution in [0.25, 0.3) is 22.3 Å². The van der Waals surface area contributed by atoms with Gasteiger partial charge in [0.2, 0.25) is 5.91 Å². The van der Waals surface area contributed by atoms with Gasteiger partial charge in [0.25, 0.3) is 5.91 Å². The molecule has 0 aliphatic carbocycles. The van der Waals surface area contributed by atoms with Gasteiger partial charge in [0.05, 0.1) is 19.8 Å². The number of hydrogen-bond donors (Lipinski definition) is 2. The number of carbonyl (C=O) groups is 2. The maximum absolute atomic E-state index is 13.0. The molecule has 0 saturated carbocycles. The third kappa shape index (κ3) is 6.47. The van der Waals surface area contributed by atoms with E-state index in [1.807, 2.05) is 30.3 Å². The van der Waals surface area contributed by atoms with Crippen molar-refractivity contribution in [3.8, 4) is 22.3 Å². The van der Waals surface area contributed by atoms with E-state index in [0.717, 1.165) is 35.3 Å². The Kier molecular flexibility index (Phi) is 8.14. The molecule has 5 rings (SSSR count). The number of benzene rings is 4. The fourth-order valence-electron chi connectivity index (χ4n) is 4.36. The molecule has 192 valence electrons. The highest BCUT2D eigenvalue weighted by atomic mass is 35.5. The minimum atomic E-state index is -0.243. The standard InChI is InChI=1S/C31H28ClN3O3/c32-29-15-10-25(20-28(29)24-8-6-23(7-9-24)22-4-2-1-3-5-22)31(37)34-27-13-11-26(12-14-27)33-30(36)21-35-16-18-38-19-17-35/h1-15,20H,16-19,21H2,(H,33,36)(H,34,37). The van der Waals surface area contributed by atoms with Crippen LogP contribution in [0.1, 0.15) is 10.4 Å². The Hall–Kier alpha value is -3.97. The highest BCUT2D eigenvalue weighted by molar-refractivity contribution is 6.33. The van der Waals surface area contributed by atoms with Crippen molar-refractivity contribution in [2.45, 2.75) is 0 Å². The second-order valence-electron chi connectivity index (χ2n) is 9.11. The molecule has 2 amide bonds. The predicted octanol–water partition coefficient (Wildman–Crippen LogP) is 6.20. The summed E-state index contributed by atoms with van der Waals surface area (Å²) in [5.41, 5.74) is 5.78. The van der Waals surface area contributed by atoms with Gasteiger partial charge in [-0.25, -0.2) is 0 Å². The molecule has 1 fully saturated rings. The quantitative estimate of drug-likeness (QED) is 0.301. The number of hydrogen-bond acceptors (Lipinski definition) is 4. The van der Waals surface area contributed by atoms with Gasteiger partial charge in [0, 0.05) is 40.6 Å². The Morgan fingerprint density at radius 2 is 1.34 bits per heavy atom. The van der Waals surface area contributed by atoms with Crippen LogP contribution in [0.15, 0.2) is 97.1 Å². The van der Waals surface area contributed by atoms with E-state index in [4.69, 9.17) is 16.3 Å². The summed E-state index contributed by atoms with van der Waals surface area (Å²) in [6.45, 7) is 3.14. The summed E-state index contributed by atoms with van der Waals surface area (Å²) in [5, 5.41) is 6.39. The Morgan fingerprint density at radius 1 is 0.737 bits per heavy atom. The smallest absolute Gasteiger partial charge is 0.255 e. The average molecular weight is 526 g/mol. The fraction of sp³-hybridized carbons (Fsp3) is 0.161. The number of halogens is 1. The molecule has 0 aromatic heterocycles. The van der Waals surface area contributed by atoms with Gasteiger partial charge in [-0.3, -0.25) is 14.5 Å². The van der Waals surface area contributed by atoms with Gasteiger partial charge in [-0.05, 0) is 59.2 Å². The SMILES string of the molecule is O=C(CN1CCOCC1)Nc1ccc(NC(=O)c2ccc(Cl)c(-c3ccc(-c4ccccc4)cc3)c2)cc1. The number of rotatable bonds is 7. The molecule has 6 nitrogen and oxygen atoms in total. The summed E-state index contributed by atoms with van der Waals surface area (Å²) in [6, 6.07) is 30.6. The first-order valence-electron chi connectivity index (χ1n) is 12.5. The molecule has 0 unspecified atom stereocenters.